The minimum Gasteiger partial charge on any atom is -0.449 e. The summed E-state index contributed by atoms with van der Waals surface area (Å²) in [6, 6.07) is 3.43. The molecule has 0 aliphatic rings. The zero-order valence-electron chi connectivity index (χ0n) is 6.29. The SMILES string of the molecule is Cc1oc(C#N)c(C#N)c1C=O. The Labute approximate surface area is 68.6 Å². The minimum absolute atomic E-state index is 0.0185. The van der Waals surface area contributed by atoms with Gasteiger partial charge in [0.25, 0.3) is 0 Å². The van der Waals surface area contributed by atoms with E-state index in [2.05, 4.69) is 0 Å². The molecule has 1 aromatic rings. The van der Waals surface area contributed by atoms with Crippen LogP contribution in [0.25, 0.3) is 0 Å². The van der Waals surface area contributed by atoms with Crippen molar-refractivity contribution in [1.29, 1.82) is 10.5 Å². The zero-order valence-corrected chi connectivity index (χ0v) is 6.29. The number of aryl methyl sites for hydroxylation is 1. The number of nitrogens with zero attached hydrogens (tertiary/aromatic N) is 2. The average Bonchev–Trinajstić information content (AvgIpc) is 2.40. The fraction of sp³-hybridized carbons (Fsp3) is 0.125. The van der Waals surface area contributed by atoms with Crippen LogP contribution in [0.4, 0.5) is 0 Å². The fourth-order valence-corrected chi connectivity index (χ4v) is 0.889. The van der Waals surface area contributed by atoms with E-state index >= 15 is 0 Å². The number of rotatable bonds is 1. The molecule has 0 bridgehead atoms. The molecule has 0 N–H and O–H groups in total. The van der Waals surface area contributed by atoms with E-state index in [4.69, 9.17) is 14.9 Å². The van der Waals surface area contributed by atoms with Crippen LogP contribution in [0.3, 0.4) is 0 Å². The Balaban J connectivity index is 3.51. The maximum absolute atomic E-state index is 10.4. The van der Waals surface area contributed by atoms with Gasteiger partial charge in [-0.3, -0.25) is 4.79 Å². The molecule has 0 unspecified atom stereocenters. The summed E-state index contributed by atoms with van der Waals surface area (Å²) in [4.78, 5) is 10.4. The quantitative estimate of drug-likeness (QED) is 0.577. The molecule has 0 aliphatic carbocycles. The molecule has 0 aliphatic heterocycles. The fourth-order valence-electron chi connectivity index (χ4n) is 0.889. The summed E-state index contributed by atoms with van der Waals surface area (Å²) in [5.41, 5.74) is 0.180. The number of hydrogen-bond donors (Lipinski definition) is 0. The average molecular weight is 160 g/mol. The van der Waals surface area contributed by atoms with Gasteiger partial charge in [0.15, 0.2) is 6.29 Å². The number of carbonyl (C=O) groups is 1. The molecule has 58 valence electrons. The normalized spacial score (nSPS) is 8.58. The van der Waals surface area contributed by atoms with E-state index in [0.717, 1.165) is 0 Å². The first-order valence-electron chi connectivity index (χ1n) is 3.13. The van der Waals surface area contributed by atoms with Crippen molar-refractivity contribution in [2.45, 2.75) is 6.92 Å². The summed E-state index contributed by atoms with van der Waals surface area (Å²) in [6.45, 7) is 1.53. The Kier molecular flexibility index (Phi) is 1.94. The highest BCUT2D eigenvalue weighted by Gasteiger charge is 2.16. The van der Waals surface area contributed by atoms with Crippen LogP contribution < -0.4 is 0 Å². The number of furan rings is 1. The van der Waals surface area contributed by atoms with E-state index in [0.29, 0.717) is 12.0 Å². The van der Waals surface area contributed by atoms with Crippen molar-refractivity contribution in [3.8, 4) is 12.1 Å². The lowest BCUT2D eigenvalue weighted by molar-refractivity contribution is 0.112. The van der Waals surface area contributed by atoms with Crippen molar-refractivity contribution >= 4 is 6.29 Å². The lowest BCUT2D eigenvalue weighted by Gasteiger charge is -1.81. The van der Waals surface area contributed by atoms with E-state index in [9.17, 15) is 4.79 Å². The number of carbonyl (C=O) groups excluding carboxylic acids is 1. The van der Waals surface area contributed by atoms with Gasteiger partial charge in [-0.15, -0.1) is 0 Å². The minimum atomic E-state index is -0.0999. The van der Waals surface area contributed by atoms with Crippen LogP contribution in [-0.2, 0) is 0 Å². The molecule has 12 heavy (non-hydrogen) atoms. The maximum Gasteiger partial charge on any atom is 0.222 e. The van der Waals surface area contributed by atoms with Gasteiger partial charge in [0.05, 0.1) is 5.56 Å². The van der Waals surface area contributed by atoms with Crippen molar-refractivity contribution in [1.82, 2.24) is 0 Å². The Morgan fingerprint density at radius 1 is 1.42 bits per heavy atom. The molecule has 0 saturated carbocycles. The van der Waals surface area contributed by atoms with E-state index in [1.165, 1.54) is 6.92 Å². The van der Waals surface area contributed by atoms with Gasteiger partial charge in [-0.1, -0.05) is 0 Å². The molecule has 0 aromatic carbocycles. The predicted molar refractivity (Wildman–Crippen MR) is 38.3 cm³/mol. The van der Waals surface area contributed by atoms with Crippen LogP contribution in [0.1, 0.15) is 27.4 Å². The number of hydrogen-bond acceptors (Lipinski definition) is 4. The first kappa shape index (κ1) is 8.03. The molecule has 0 saturated heterocycles. The Bertz CT molecular complexity index is 404. The lowest BCUT2D eigenvalue weighted by atomic mass is 10.1. The molecule has 0 fully saturated rings. The van der Waals surface area contributed by atoms with E-state index in [1.807, 2.05) is 0 Å². The maximum atomic E-state index is 10.4. The van der Waals surface area contributed by atoms with Gasteiger partial charge < -0.3 is 4.42 Å². The molecular formula is C8H4N2O2. The second-order valence-corrected chi connectivity index (χ2v) is 2.12. The third-order valence-corrected chi connectivity index (χ3v) is 1.46. The van der Waals surface area contributed by atoms with Gasteiger partial charge in [-0.2, -0.15) is 10.5 Å². The molecule has 1 rings (SSSR count). The Morgan fingerprint density at radius 2 is 2.08 bits per heavy atom. The van der Waals surface area contributed by atoms with Crippen LogP contribution in [0.2, 0.25) is 0 Å². The second kappa shape index (κ2) is 2.89. The smallest absolute Gasteiger partial charge is 0.222 e. The van der Waals surface area contributed by atoms with Crippen LogP contribution in [0.15, 0.2) is 4.42 Å². The van der Waals surface area contributed by atoms with Gasteiger partial charge in [0.1, 0.15) is 23.5 Å². The summed E-state index contributed by atoms with van der Waals surface area (Å²) in [6.07, 6.45) is 0.512. The molecule has 1 aromatic heterocycles. The van der Waals surface area contributed by atoms with Crippen LogP contribution in [0.5, 0.6) is 0 Å². The molecule has 0 atom stereocenters. The largest absolute Gasteiger partial charge is 0.449 e. The molecule has 4 heteroatoms. The third-order valence-electron chi connectivity index (χ3n) is 1.46. The first-order chi connectivity index (χ1) is 5.74. The van der Waals surface area contributed by atoms with Gasteiger partial charge in [-0.25, -0.2) is 0 Å². The van der Waals surface area contributed by atoms with E-state index in [1.54, 1.807) is 12.1 Å². The van der Waals surface area contributed by atoms with Crippen LogP contribution in [0, 0.1) is 29.6 Å². The summed E-state index contributed by atoms with van der Waals surface area (Å²) in [5, 5.41) is 17.0. The van der Waals surface area contributed by atoms with Gasteiger partial charge in [0.2, 0.25) is 5.76 Å². The molecule has 0 amide bonds. The Hall–Kier alpha value is -2.07. The first-order valence-corrected chi connectivity index (χ1v) is 3.13. The Morgan fingerprint density at radius 3 is 2.50 bits per heavy atom. The van der Waals surface area contributed by atoms with Crippen molar-refractivity contribution in [2.24, 2.45) is 0 Å². The van der Waals surface area contributed by atoms with Crippen molar-refractivity contribution in [3.05, 3.63) is 22.6 Å². The molecule has 0 radical (unpaired) electrons. The number of aldehydes is 1. The van der Waals surface area contributed by atoms with Crippen LogP contribution >= 0.6 is 0 Å². The molecule has 1 heterocycles. The van der Waals surface area contributed by atoms with Gasteiger partial charge in [0, 0.05) is 0 Å². The number of nitriles is 2. The van der Waals surface area contributed by atoms with Gasteiger partial charge >= 0.3 is 0 Å². The van der Waals surface area contributed by atoms with Crippen molar-refractivity contribution in [3.63, 3.8) is 0 Å². The highest BCUT2D eigenvalue weighted by molar-refractivity contribution is 5.81. The summed E-state index contributed by atoms with van der Waals surface area (Å²) >= 11 is 0. The summed E-state index contributed by atoms with van der Waals surface area (Å²) in [5.74, 6) is 0.204. The van der Waals surface area contributed by atoms with Crippen molar-refractivity contribution in [2.75, 3.05) is 0 Å². The predicted octanol–water partition coefficient (Wildman–Crippen LogP) is 1.14. The molecule has 4 nitrogen and oxygen atoms in total. The lowest BCUT2D eigenvalue weighted by Crippen LogP contribution is -1.84. The molecular weight excluding hydrogens is 156 g/mol. The molecule has 0 spiro atoms. The topological polar surface area (TPSA) is 77.8 Å². The standard InChI is InChI=1S/C8H4N2O2/c1-5-7(4-11)6(2-9)8(3-10)12-5/h4H,1H3. The monoisotopic (exact) mass is 160 g/mol. The highest BCUT2D eigenvalue weighted by atomic mass is 16.3. The zero-order chi connectivity index (χ0) is 9.14. The second-order valence-electron chi connectivity index (χ2n) is 2.12. The highest BCUT2D eigenvalue weighted by Crippen LogP contribution is 2.18. The van der Waals surface area contributed by atoms with Crippen molar-refractivity contribution < 1.29 is 9.21 Å². The van der Waals surface area contributed by atoms with Gasteiger partial charge in [-0.05, 0) is 6.92 Å². The summed E-state index contributed by atoms with van der Waals surface area (Å²) in [7, 11) is 0. The third kappa shape index (κ3) is 0.959. The van der Waals surface area contributed by atoms with E-state index < -0.39 is 0 Å². The van der Waals surface area contributed by atoms with Crippen LogP contribution in [-0.4, -0.2) is 6.29 Å². The summed E-state index contributed by atoms with van der Waals surface area (Å²) < 4.78 is 4.86. The van der Waals surface area contributed by atoms with E-state index in [-0.39, 0.29) is 16.9 Å².